The van der Waals surface area contributed by atoms with Crippen molar-refractivity contribution in [2.75, 3.05) is 33.4 Å². The first-order valence-electron chi connectivity index (χ1n) is 9.30. The maximum absolute atomic E-state index is 13.3. The third-order valence-corrected chi connectivity index (χ3v) is 5.08. The number of carbonyl (C=O) groups excluding carboxylic acids is 1. The molecule has 4 rings (SSSR count). The number of hydrogen-bond acceptors (Lipinski definition) is 3. The van der Waals surface area contributed by atoms with Crippen molar-refractivity contribution in [2.45, 2.75) is 12.6 Å². The summed E-state index contributed by atoms with van der Waals surface area (Å²) in [6.45, 7) is 3.06. The van der Waals surface area contributed by atoms with Crippen LogP contribution in [-0.4, -0.2) is 48.8 Å². The molecule has 5 heteroatoms. The van der Waals surface area contributed by atoms with E-state index in [1.54, 1.807) is 7.11 Å². The number of carbonyl (C=O) groups is 1. The fourth-order valence-corrected chi connectivity index (χ4v) is 3.67. The van der Waals surface area contributed by atoms with Gasteiger partial charge in [-0.05, 0) is 11.6 Å². The first-order valence-corrected chi connectivity index (χ1v) is 9.30. The molecule has 0 unspecified atom stereocenters. The van der Waals surface area contributed by atoms with Gasteiger partial charge in [0.15, 0.2) is 0 Å². The van der Waals surface area contributed by atoms with Crippen molar-refractivity contribution in [2.24, 2.45) is 0 Å². The lowest BCUT2D eigenvalue weighted by Gasteiger charge is -2.33. The summed E-state index contributed by atoms with van der Waals surface area (Å²) in [6.07, 6.45) is 1.88. The number of para-hydroxylation sites is 1. The van der Waals surface area contributed by atoms with Gasteiger partial charge >= 0.3 is 0 Å². The van der Waals surface area contributed by atoms with Gasteiger partial charge < -0.3 is 18.9 Å². The van der Waals surface area contributed by atoms with E-state index in [4.69, 9.17) is 9.47 Å². The highest BCUT2D eigenvalue weighted by Gasteiger charge is 2.27. The molecule has 0 saturated carbocycles. The molecule has 0 aliphatic carbocycles. The normalized spacial score (nSPS) is 17.4. The Kier molecular flexibility index (Phi) is 5.23. The predicted molar refractivity (Wildman–Crippen MR) is 105 cm³/mol. The van der Waals surface area contributed by atoms with Gasteiger partial charge in [-0.25, -0.2) is 0 Å². The summed E-state index contributed by atoms with van der Waals surface area (Å²) in [5.41, 5.74) is 2.92. The van der Waals surface area contributed by atoms with E-state index >= 15 is 0 Å². The minimum absolute atomic E-state index is 0.0617. The highest BCUT2D eigenvalue weighted by atomic mass is 16.5. The zero-order chi connectivity index (χ0) is 18.6. The van der Waals surface area contributed by atoms with Crippen LogP contribution in [0.2, 0.25) is 0 Å². The van der Waals surface area contributed by atoms with Crippen molar-refractivity contribution in [3.8, 4) is 0 Å². The van der Waals surface area contributed by atoms with Crippen LogP contribution in [-0.2, 0) is 16.0 Å². The molecular weight excluding hydrogens is 340 g/mol. The van der Waals surface area contributed by atoms with Gasteiger partial charge in [0.25, 0.3) is 5.91 Å². The monoisotopic (exact) mass is 364 g/mol. The van der Waals surface area contributed by atoms with E-state index in [0.717, 1.165) is 28.6 Å². The van der Waals surface area contributed by atoms with Crippen LogP contribution in [0.25, 0.3) is 10.9 Å². The maximum atomic E-state index is 13.3. The second kappa shape index (κ2) is 7.94. The molecule has 1 aliphatic heterocycles. The summed E-state index contributed by atoms with van der Waals surface area (Å²) in [7, 11) is 1.69. The second-order valence-corrected chi connectivity index (χ2v) is 6.77. The molecule has 2 aromatic carbocycles. The van der Waals surface area contributed by atoms with Crippen molar-refractivity contribution < 1.29 is 14.3 Å². The van der Waals surface area contributed by atoms with Gasteiger partial charge in [-0.15, -0.1) is 0 Å². The Morgan fingerprint density at radius 1 is 1.15 bits per heavy atom. The average molecular weight is 364 g/mol. The molecule has 0 bridgehead atoms. The topological polar surface area (TPSA) is 43.7 Å². The highest BCUT2D eigenvalue weighted by Crippen LogP contribution is 2.26. The summed E-state index contributed by atoms with van der Waals surface area (Å²) in [5, 5.41) is 0.987. The molecule has 0 radical (unpaired) electrons. The Bertz CT molecular complexity index is 920. The fraction of sp³-hybridized carbons (Fsp3) is 0.318. The van der Waals surface area contributed by atoms with E-state index in [0.29, 0.717) is 26.3 Å². The Hall–Kier alpha value is -2.63. The Morgan fingerprint density at radius 3 is 2.74 bits per heavy atom. The zero-order valence-electron chi connectivity index (χ0n) is 15.5. The van der Waals surface area contributed by atoms with Gasteiger partial charge in [-0.2, -0.15) is 0 Å². The highest BCUT2D eigenvalue weighted by molar-refractivity contribution is 6.07. The molecule has 2 heterocycles. The molecule has 1 aromatic heterocycles. The molecule has 1 aliphatic rings. The number of methoxy groups -OCH3 is 1. The van der Waals surface area contributed by atoms with Crippen LogP contribution in [0.4, 0.5) is 0 Å². The van der Waals surface area contributed by atoms with E-state index in [1.165, 1.54) is 0 Å². The number of rotatable bonds is 5. The molecule has 0 spiro atoms. The van der Waals surface area contributed by atoms with Crippen molar-refractivity contribution >= 4 is 16.8 Å². The van der Waals surface area contributed by atoms with E-state index in [1.807, 2.05) is 53.6 Å². The van der Waals surface area contributed by atoms with Crippen molar-refractivity contribution in [3.63, 3.8) is 0 Å². The van der Waals surface area contributed by atoms with Gasteiger partial charge in [0.05, 0.1) is 25.3 Å². The summed E-state index contributed by atoms with van der Waals surface area (Å²) in [5.74, 6) is 0.0617. The molecule has 5 nitrogen and oxygen atoms in total. The maximum Gasteiger partial charge on any atom is 0.256 e. The lowest BCUT2D eigenvalue weighted by Crippen LogP contribution is -2.42. The van der Waals surface area contributed by atoms with E-state index in [2.05, 4.69) is 16.7 Å². The summed E-state index contributed by atoms with van der Waals surface area (Å²) < 4.78 is 13.2. The third kappa shape index (κ3) is 3.61. The quantitative estimate of drug-likeness (QED) is 0.696. The summed E-state index contributed by atoms with van der Waals surface area (Å²) >= 11 is 0. The number of fused-ring (bicyclic) bond motifs is 1. The minimum atomic E-state index is -0.0780. The first-order chi connectivity index (χ1) is 13.3. The number of morpholine rings is 1. The molecule has 27 heavy (non-hydrogen) atoms. The van der Waals surface area contributed by atoms with Crippen LogP contribution in [0.5, 0.6) is 0 Å². The van der Waals surface area contributed by atoms with Crippen LogP contribution >= 0.6 is 0 Å². The van der Waals surface area contributed by atoms with Gasteiger partial charge in [0.1, 0.15) is 6.10 Å². The zero-order valence-corrected chi connectivity index (χ0v) is 15.5. The van der Waals surface area contributed by atoms with Crippen LogP contribution in [0.3, 0.4) is 0 Å². The Balaban J connectivity index is 1.60. The molecule has 1 amide bonds. The Morgan fingerprint density at radius 2 is 1.93 bits per heavy atom. The van der Waals surface area contributed by atoms with Gasteiger partial charge in [-0.1, -0.05) is 48.5 Å². The number of nitrogens with zero attached hydrogens (tertiary/aromatic N) is 2. The van der Waals surface area contributed by atoms with E-state index < -0.39 is 0 Å². The molecule has 140 valence electrons. The Labute approximate surface area is 159 Å². The number of benzene rings is 2. The molecule has 1 saturated heterocycles. The SMILES string of the molecule is COCCn1cc(C(=O)N2CCO[C@H](c3ccccc3)C2)c2ccccc21. The van der Waals surface area contributed by atoms with E-state index in [-0.39, 0.29) is 12.0 Å². The molecule has 3 aromatic rings. The first kappa shape index (κ1) is 17.8. The predicted octanol–water partition coefficient (Wildman–Crippen LogP) is 3.50. The summed E-state index contributed by atoms with van der Waals surface area (Å²) in [4.78, 5) is 15.2. The molecule has 1 atom stereocenters. The fourth-order valence-electron chi connectivity index (χ4n) is 3.67. The lowest BCUT2D eigenvalue weighted by molar-refractivity contribution is -0.0227. The lowest BCUT2D eigenvalue weighted by atomic mass is 10.1. The van der Waals surface area contributed by atoms with E-state index in [9.17, 15) is 4.79 Å². The van der Waals surface area contributed by atoms with Gasteiger partial charge in [0.2, 0.25) is 0 Å². The van der Waals surface area contributed by atoms with Crippen LogP contribution < -0.4 is 0 Å². The summed E-state index contributed by atoms with van der Waals surface area (Å²) in [6, 6.07) is 18.1. The standard InChI is InChI=1S/C22H24N2O3/c1-26-13-11-23-15-19(18-9-5-6-10-20(18)23)22(25)24-12-14-27-21(16-24)17-7-3-2-4-8-17/h2-10,15,21H,11-14,16H2,1H3/t21-/m0/s1. The van der Waals surface area contributed by atoms with Gasteiger partial charge in [-0.3, -0.25) is 4.79 Å². The largest absolute Gasteiger partial charge is 0.383 e. The molecular formula is C22H24N2O3. The number of ether oxygens (including phenoxy) is 2. The molecule has 1 fully saturated rings. The number of aromatic nitrogens is 1. The number of hydrogen-bond donors (Lipinski definition) is 0. The minimum Gasteiger partial charge on any atom is -0.383 e. The van der Waals surface area contributed by atoms with Crippen LogP contribution in [0.15, 0.2) is 60.8 Å². The third-order valence-electron chi connectivity index (χ3n) is 5.08. The van der Waals surface area contributed by atoms with Crippen LogP contribution in [0, 0.1) is 0 Å². The van der Waals surface area contributed by atoms with Crippen molar-refractivity contribution in [1.82, 2.24) is 9.47 Å². The number of amides is 1. The second-order valence-electron chi connectivity index (χ2n) is 6.77. The van der Waals surface area contributed by atoms with Gasteiger partial charge in [0, 0.05) is 37.3 Å². The van der Waals surface area contributed by atoms with Crippen LogP contribution in [0.1, 0.15) is 22.0 Å². The van der Waals surface area contributed by atoms with Crippen molar-refractivity contribution in [1.29, 1.82) is 0 Å². The van der Waals surface area contributed by atoms with Crippen molar-refractivity contribution in [3.05, 3.63) is 71.9 Å². The smallest absolute Gasteiger partial charge is 0.256 e. The molecule has 0 N–H and O–H groups in total. The average Bonchev–Trinajstić information content (AvgIpc) is 3.11.